The molecule has 1 N–H and O–H groups in total. The third kappa shape index (κ3) is 5.02. The van der Waals surface area contributed by atoms with Gasteiger partial charge in [-0.2, -0.15) is 0 Å². The predicted molar refractivity (Wildman–Crippen MR) is 140 cm³/mol. The fourth-order valence-corrected chi connectivity index (χ4v) is 5.88. The molecule has 5 rings (SSSR count). The van der Waals surface area contributed by atoms with Crippen LogP contribution in [0.25, 0.3) is 0 Å². The number of likely N-dealkylation sites (tertiary alicyclic amines) is 1. The van der Waals surface area contributed by atoms with Crippen molar-refractivity contribution in [3.8, 4) is 0 Å². The molecule has 36 heavy (non-hydrogen) atoms. The zero-order valence-electron chi connectivity index (χ0n) is 20.4. The first kappa shape index (κ1) is 24.1. The van der Waals surface area contributed by atoms with Crippen LogP contribution in [-0.2, 0) is 4.79 Å². The number of amides is 1. The summed E-state index contributed by atoms with van der Waals surface area (Å²) >= 11 is 0. The van der Waals surface area contributed by atoms with Gasteiger partial charge in [-0.15, -0.1) is 0 Å². The summed E-state index contributed by atoms with van der Waals surface area (Å²) in [6.45, 7) is 1.57. The SMILES string of the molecule is O=C(c1ccccc1)C1CN(C2CCCCNC2=O)CC(C(=O)c2ccccc2)C1c1ccccc1. The second-order valence-corrected chi connectivity index (χ2v) is 9.87. The summed E-state index contributed by atoms with van der Waals surface area (Å²) < 4.78 is 0. The second-order valence-electron chi connectivity index (χ2n) is 9.87. The smallest absolute Gasteiger partial charge is 0.237 e. The number of nitrogens with one attached hydrogen (secondary N) is 1. The van der Waals surface area contributed by atoms with Crippen LogP contribution in [0.4, 0.5) is 0 Å². The minimum absolute atomic E-state index is 0.00230. The average molecular weight is 481 g/mol. The van der Waals surface area contributed by atoms with Crippen LogP contribution in [0, 0.1) is 11.8 Å². The Morgan fingerprint density at radius 1 is 0.694 bits per heavy atom. The third-order valence-electron chi connectivity index (χ3n) is 7.65. The molecule has 3 aromatic rings. The lowest BCUT2D eigenvalue weighted by atomic mass is 9.68. The van der Waals surface area contributed by atoms with E-state index in [0.29, 0.717) is 30.8 Å². The first-order valence-electron chi connectivity index (χ1n) is 12.9. The number of carbonyl (C=O) groups excluding carboxylic acids is 3. The summed E-state index contributed by atoms with van der Waals surface area (Å²) in [5.41, 5.74) is 2.27. The van der Waals surface area contributed by atoms with Gasteiger partial charge in [0.15, 0.2) is 11.6 Å². The van der Waals surface area contributed by atoms with Gasteiger partial charge in [-0.3, -0.25) is 19.3 Å². The monoisotopic (exact) mass is 480 g/mol. The van der Waals surface area contributed by atoms with Crippen LogP contribution < -0.4 is 5.32 Å². The average Bonchev–Trinajstić information content (AvgIpc) is 3.17. The fourth-order valence-electron chi connectivity index (χ4n) is 5.88. The molecule has 0 aromatic heterocycles. The van der Waals surface area contributed by atoms with Gasteiger partial charge in [-0.1, -0.05) is 91.0 Å². The summed E-state index contributed by atoms with van der Waals surface area (Å²) in [7, 11) is 0. The number of hydrogen-bond acceptors (Lipinski definition) is 4. The van der Waals surface area contributed by atoms with E-state index in [1.54, 1.807) is 0 Å². The number of hydrogen-bond donors (Lipinski definition) is 1. The first-order valence-corrected chi connectivity index (χ1v) is 12.9. The Hall–Kier alpha value is -3.57. The lowest BCUT2D eigenvalue weighted by molar-refractivity contribution is -0.127. The van der Waals surface area contributed by atoms with Crippen molar-refractivity contribution in [1.82, 2.24) is 10.2 Å². The highest BCUT2D eigenvalue weighted by Gasteiger charge is 2.47. The Labute approximate surface area is 212 Å². The summed E-state index contributed by atoms with van der Waals surface area (Å²) in [5.74, 6) is -1.13. The van der Waals surface area contributed by atoms with Gasteiger partial charge in [-0.25, -0.2) is 0 Å². The molecule has 2 saturated heterocycles. The van der Waals surface area contributed by atoms with Gasteiger partial charge in [0.05, 0.1) is 6.04 Å². The fraction of sp³-hybridized carbons (Fsp3) is 0.323. The molecule has 5 nitrogen and oxygen atoms in total. The molecule has 0 aliphatic carbocycles. The molecule has 2 fully saturated rings. The van der Waals surface area contributed by atoms with E-state index in [-0.39, 0.29) is 29.4 Å². The van der Waals surface area contributed by atoms with E-state index in [0.717, 1.165) is 24.8 Å². The number of benzene rings is 3. The van der Waals surface area contributed by atoms with E-state index in [1.807, 2.05) is 91.0 Å². The molecule has 2 aliphatic heterocycles. The maximum Gasteiger partial charge on any atom is 0.237 e. The minimum Gasteiger partial charge on any atom is -0.355 e. The van der Waals surface area contributed by atoms with Crippen LogP contribution in [0.5, 0.6) is 0 Å². The predicted octanol–water partition coefficient (Wildman–Crippen LogP) is 4.75. The highest BCUT2D eigenvalue weighted by Crippen LogP contribution is 2.41. The van der Waals surface area contributed by atoms with Crippen molar-refractivity contribution in [2.45, 2.75) is 31.2 Å². The minimum atomic E-state index is -0.447. The zero-order valence-corrected chi connectivity index (χ0v) is 20.4. The highest BCUT2D eigenvalue weighted by atomic mass is 16.2. The molecule has 2 aliphatic rings. The van der Waals surface area contributed by atoms with Crippen molar-refractivity contribution in [3.05, 3.63) is 108 Å². The van der Waals surface area contributed by atoms with Crippen LogP contribution in [0.3, 0.4) is 0 Å². The Balaban J connectivity index is 1.60. The molecule has 3 atom stereocenters. The molecule has 0 saturated carbocycles. The van der Waals surface area contributed by atoms with E-state index in [2.05, 4.69) is 10.2 Å². The summed E-state index contributed by atoms with van der Waals surface area (Å²) in [6.07, 6.45) is 2.62. The molecule has 5 heteroatoms. The molecule has 0 spiro atoms. The molecular formula is C31H32N2O3. The first-order chi connectivity index (χ1) is 17.6. The maximum absolute atomic E-state index is 14.0. The van der Waals surface area contributed by atoms with Gasteiger partial charge in [-0.05, 0) is 24.8 Å². The summed E-state index contributed by atoms with van der Waals surface area (Å²) in [6, 6.07) is 28.3. The van der Waals surface area contributed by atoms with Gasteiger partial charge in [0.2, 0.25) is 5.91 Å². The quantitative estimate of drug-likeness (QED) is 0.517. The molecule has 184 valence electrons. The number of nitrogens with zero attached hydrogens (tertiary/aromatic N) is 1. The van der Waals surface area contributed by atoms with Crippen molar-refractivity contribution >= 4 is 17.5 Å². The highest BCUT2D eigenvalue weighted by molar-refractivity contribution is 6.02. The van der Waals surface area contributed by atoms with E-state index in [9.17, 15) is 14.4 Å². The number of Topliss-reactive ketones (excluding diaryl/α,β-unsaturated/α-hetero) is 2. The van der Waals surface area contributed by atoms with Crippen molar-refractivity contribution < 1.29 is 14.4 Å². The number of piperidine rings is 1. The molecular weight excluding hydrogens is 448 g/mol. The number of carbonyl (C=O) groups is 3. The Bertz CT molecular complexity index is 1130. The lowest BCUT2D eigenvalue weighted by Gasteiger charge is -2.45. The Kier molecular flexibility index (Phi) is 7.38. The largest absolute Gasteiger partial charge is 0.355 e. The van der Waals surface area contributed by atoms with E-state index in [1.165, 1.54) is 0 Å². The summed E-state index contributed by atoms with van der Waals surface area (Å²) in [5, 5.41) is 3.04. The zero-order chi connectivity index (χ0) is 24.9. The van der Waals surface area contributed by atoms with Crippen LogP contribution >= 0.6 is 0 Å². The molecule has 3 aromatic carbocycles. The maximum atomic E-state index is 14.0. The van der Waals surface area contributed by atoms with Crippen molar-refractivity contribution in [3.63, 3.8) is 0 Å². The van der Waals surface area contributed by atoms with E-state index < -0.39 is 11.8 Å². The van der Waals surface area contributed by atoms with Crippen LogP contribution in [0.15, 0.2) is 91.0 Å². The molecule has 3 unspecified atom stereocenters. The van der Waals surface area contributed by atoms with Crippen LogP contribution in [-0.4, -0.2) is 48.0 Å². The Morgan fingerprint density at radius 3 is 1.72 bits per heavy atom. The van der Waals surface area contributed by atoms with Gasteiger partial charge in [0.25, 0.3) is 0 Å². The number of rotatable bonds is 6. The van der Waals surface area contributed by atoms with Gasteiger partial charge < -0.3 is 5.32 Å². The Morgan fingerprint density at radius 2 is 1.19 bits per heavy atom. The van der Waals surface area contributed by atoms with Gasteiger partial charge in [0.1, 0.15) is 0 Å². The molecule has 2 heterocycles. The van der Waals surface area contributed by atoms with Crippen molar-refractivity contribution in [2.24, 2.45) is 11.8 Å². The molecule has 0 radical (unpaired) electrons. The van der Waals surface area contributed by atoms with E-state index in [4.69, 9.17) is 0 Å². The standard InChI is InChI=1S/C31H32N2O3/c34-29(23-14-6-2-7-15-23)25-20-33(27-18-10-11-19-32-31(27)36)21-26(28(25)22-12-4-1-5-13-22)30(35)24-16-8-3-9-17-24/h1-9,12-17,25-28H,10-11,18-21H2,(H,32,36). The van der Waals surface area contributed by atoms with Crippen molar-refractivity contribution in [1.29, 1.82) is 0 Å². The van der Waals surface area contributed by atoms with Crippen LogP contribution in [0.2, 0.25) is 0 Å². The molecule has 1 amide bonds. The summed E-state index contributed by atoms with van der Waals surface area (Å²) in [4.78, 5) is 43.2. The number of ketones is 2. The second kappa shape index (κ2) is 11.0. The molecule has 0 bridgehead atoms. The lowest BCUT2D eigenvalue weighted by Crippen LogP contribution is -2.56. The van der Waals surface area contributed by atoms with E-state index >= 15 is 0 Å². The van der Waals surface area contributed by atoms with Crippen LogP contribution in [0.1, 0.15) is 51.5 Å². The third-order valence-corrected chi connectivity index (χ3v) is 7.65. The van der Waals surface area contributed by atoms with Gasteiger partial charge >= 0.3 is 0 Å². The normalized spacial score (nSPS) is 24.9. The van der Waals surface area contributed by atoms with Gasteiger partial charge in [0, 0.05) is 48.5 Å². The van der Waals surface area contributed by atoms with Crippen molar-refractivity contribution in [2.75, 3.05) is 19.6 Å². The topological polar surface area (TPSA) is 66.5 Å².